The van der Waals surface area contributed by atoms with E-state index < -0.39 is 0 Å². The summed E-state index contributed by atoms with van der Waals surface area (Å²) in [6.45, 7) is 1.11. The van der Waals surface area contributed by atoms with Crippen molar-refractivity contribution < 1.29 is 14.3 Å². The van der Waals surface area contributed by atoms with Gasteiger partial charge in [-0.25, -0.2) is 0 Å². The number of nitrogens with one attached hydrogen (secondary N) is 1. The van der Waals surface area contributed by atoms with E-state index in [1.54, 1.807) is 7.11 Å². The summed E-state index contributed by atoms with van der Waals surface area (Å²) in [5, 5.41) is 2.27. The zero-order valence-corrected chi connectivity index (χ0v) is 9.60. The molecule has 90 valence electrons. The summed E-state index contributed by atoms with van der Waals surface area (Å²) < 4.78 is 5.06. The molecule has 1 saturated heterocycles. The van der Waals surface area contributed by atoms with Gasteiger partial charge in [0.25, 0.3) is 0 Å². The van der Waals surface area contributed by atoms with Gasteiger partial charge in [0.05, 0.1) is 20.2 Å². The summed E-state index contributed by atoms with van der Waals surface area (Å²) in [5.74, 6) is 0.311. The Morgan fingerprint density at radius 3 is 2.29 bits per heavy atom. The molecule has 0 spiro atoms. The number of hydrogen-bond acceptors (Lipinski definition) is 4. The monoisotopic (exact) mass is 234 g/mol. The SMILES string of the molecule is COc1ccc(CN2CC(=O)NC(=O)C2)cc1. The van der Waals surface area contributed by atoms with E-state index in [4.69, 9.17) is 4.74 Å². The second-order valence-corrected chi connectivity index (χ2v) is 3.96. The molecular weight excluding hydrogens is 220 g/mol. The lowest BCUT2D eigenvalue weighted by atomic mass is 10.2. The maximum atomic E-state index is 11.2. The lowest BCUT2D eigenvalue weighted by Gasteiger charge is -2.25. The minimum Gasteiger partial charge on any atom is -0.497 e. The third kappa shape index (κ3) is 3.04. The highest BCUT2D eigenvalue weighted by atomic mass is 16.5. The molecule has 0 unspecified atom stereocenters. The van der Waals surface area contributed by atoms with Crippen LogP contribution in [0.4, 0.5) is 0 Å². The number of nitrogens with zero attached hydrogens (tertiary/aromatic N) is 1. The van der Waals surface area contributed by atoms with E-state index >= 15 is 0 Å². The fourth-order valence-corrected chi connectivity index (χ4v) is 1.80. The lowest BCUT2D eigenvalue weighted by Crippen LogP contribution is -2.50. The molecule has 0 aliphatic carbocycles. The molecule has 1 aromatic carbocycles. The zero-order chi connectivity index (χ0) is 12.3. The molecule has 1 aromatic rings. The van der Waals surface area contributed by atoms with Crippen molar-refractivity contribution in [2.24, 2.45) is 0 Å². The molecule has 0 saturated carbocycles. The molecule has 2 rings (SSSR count). The van der Waals surface area contributed by atoms with Crippen LogP contribution in [0.1, 0.15) is 5.56 Å². The molecule has 1 aliphatic rings. The number of rotatable bonds is 3. The van der Waals surface area contributed by atoms with Gasteiger partial charge >= 0.3 is 0 Å². The van der Waals surface area contributed by atoms with Gasteiger partial charge in [-0.1, -0.05) is 12.1 Å². The van der Waals surface area contributed by atoms with Crippen LogP contribution in [0.5, 0.6) is 5.75 Å². The van der Waals surface area contributed by atoms with Crippen LogP contribution in [-0.4, -0.2) is 36.9 Å². The van der Waals surface area contributed by atoms with Crippen molar-refractivity contribution in [3.05, 3.63) is 29.8 Å². The summed E-state index contributed by atoms with van der Waals surface area (Å²) in [7, 11) is 1.61. The van der Waals surface area contributed by atoms with E-state index in [1.165, 1.54) is 0 Å². The molecule has 17 heavy (non-hydrogen) atoms. The van der Waals surface area contributed by atoms with Gasteiger partial charge < -0.3 is 4.74 Å². The van der Waals surface area contributed by atoms with E-state index in [2.05, 4.69) is 5.32 Å². The first-order valence-corrected chi connectivity index (χ1v) is 5.35. The molecule has 2 amide bonds. The van der Waals surface area contributed by atoms with E-state index in [1.807, 2.05) is 29.2 Å². The average Bonchev–Trinajstić information content (AvgIpc) is 2.28. The molecule has 0 aromatic heterocycles. The number of hydrogen-bond donors (Lipinski definition) is 1. The van der Waals surface area contributed by atoms with Gasteiger partial charge in [0.2, 0.25) is 11.8 Å². The van der Waals surface area contributed by atoms with Crippen molar-refractivity contribution in [1.29, 1.82) is 0 Å². The highest BCUT2D eigenvalue weighted by Gasteiger charge is 2.22. The fraction of sp³-hybridized carbons (Fsp3) is 0.333. The number of imide groups is 1. The molecule has 1 heterocycles. The summed E-state index contributed by atoms with van der Waals surface area (Å²) in [4.78, 5) is 24.2. The highest BCUT2D eigenvalue weighted by Crippen LogP contribution is 2.13. The van der Waals surface area contributed by atoms with E-state index in [0.29, 0.717) is 6.54 Å². The van der Waals surface area contributed by atoms with Gasteiger partial charge in [0.15, 0.2) is 0 Å². The molecule has 1 aliphatic heterocycles. The van der Waals surface area contributed by atoms with Crippen LogP contribution in [0.15, 0.2) is 24.3 Å². The molecule has 0 bridgehead atoms. The van der Waals surface area contributed by atoms with E-state index in [-0.39, 0.29) is 24.9 Å². The Hall–Kier alpha value is -1.88. The predicted octanol–water partition coefficient (Wildman–Crippen LogP) is 0.154. The van der Waals surface area contributed by atoms with Crippen LogP contribution in [0.3, 0.4) is 0 Å². The van der Waals surface area contributed by atoms with Gasteiger partial charge in [-0.05, 0) is 17.7 Å². The maximum absolute atomic E-state index is 11.2. The largest absolute Gasteiger partial charge is 0.497 e. The number of ether oxygens (including phenoxy) is 1. The van der Waals surface area contributed by atoms with Gasteiger partial charge in [0.1, 0.15) is 5.75 Å². The van der Waals surface area contributed by atoms with Gasteiger partial charge in [-0.2, -0.15) is 0 Å². The van der Waals surface area contributed by atoms with Crippen molar-refractivity contribution in [2.75, 3.05) is 20.2 Å². The normalized spacial score (nSPS) is 16.8. The number of methoxy groups -OCH3 is 1. The summed E-state index contributed by atoms with van der Waals surface area (Å²) in [6, 6.07) is 7.58. The number of carbonyl (C=O) groups excluding carboxylic acids is 2. The highest BCUT2D eigenvalue weighted by molar-refractivity contribution is 5.99. The summed E-state index contributed by atoms with van der Waals surface area (Å²) in [5.41, 5.74) is 1.05. The molecule has 5 nitrogen and oxygen atoms in total. The summed E-state index contributed by atoms with van der Waals surface area (Å²) in [6.07, 6.45) is 0. The fourth-order valence-electron chi connectivity index (χ4n) is 1.80. The third-order valence-electron chi connectivity index (χ3n) is 2.58. The van der Waals surface area contributed by atoms with Crippen LogP contribution in [0.25, 0.3) is 0 Å². The minimum atomic E-state index is -0.241. The number of benzene rings is 1. The first kappa shape index (κ1) is 11.6. The van der Waals surface area contributed by atoms with Gasteiger partial charge in [-0.15, -0.1) is 0 Å². The second kappa shape index (κ2) is 4.97. The quantitative estimate of drug-likeness (QED) is 0.756. The first-order chi connectivity index (χ1) is 8.17. The molecule has 5 heteroatoms. The van der Waals surface area contributed by atoms with E-state index in [0.717, 1.165) is 11.3 Å². The Balaban J connectivity index is 1.99. The molecule has 0 atom stereocenters. The Bertz CT molecular complexity index is 412. The number of amides is 2. The van der Waals surface area contributed by atoms with Crippen LogP contribution >= 0.6 is 0 Å². The van der Waals surface area contributed by atoms with Crippen molar-refractivity contribution in [2.45, 2.75) is 6.54 Å². The first-order valence-electron chi connectivity index (χ1n) is 5.35. The van der Waals surface area contributed by atoms with Gasteiger partial charge in [0, 0.05) is 6.54 Å². The van der Waals surface area contributed by atoms with Crippen LogP contribution < -0.4 is 10.1 Å². The Kier molecular flexibility index (Phi) is 3.39. The molecule has 1 N–H and O–H groups in total. The Morgan fingerprint density at radius 2 is 1.76 bits per heavy atom. The van der Waals surface area contributed by atoms with Crippen molar-refractivity contribution in [1.82, 2.24) is 10.2 Å². The third-order valence-corrected chi connectivity index (χ3v) is 2.58. The smallest absolute Gasteiger partial charge is 0.240 e. The standard InChI is InChI=1S/C12H14N2O3/c1-17-10-4-2-9(3-5-10)6-14-7-11(15)13-12(16)8-14/h2-5H,6-8H2,1H3,(H,13,15,16). The van der Waals surface area contributed by atoms with Crippen LogP contribution in [0.2, 0.25) is 0 Å². The number of carbonyl (C=O) groups is 2. The van der Waals surface area contributed by atoms with Crippen molar-refractivity contribution in [3.8, 4) is 5.75 Å². The van der Waals surface area contributed by atoms with Gasteiger partial charge in [-0.3, -0.25) is 19.8 Å². The topological polar surface area (TPSA) is 58.6 Å². The lowest BCUT2D eigenvalue weighted by molar-refractivity contribution is -0.136. The molecule has 0 radical (unpaired) electrons. The van der Waals surface area contributed by atoms with Crippen LogP contribution in [-0.2, 0) is 16.1 Å². The Morgan fingerprint density at radius 1 is 1.18 bits per heavy atom. The van der Waals surface area contributed by atoms with E-state index in [9.17, 15) is 9.59 Å². The van der Waals surface area contributed by atoms with Crippen molar-refractivity contribution in [3.63, 3.8) is 0 Å². The molecule has 1 fully saturated rings. The zero-order valence-electron chi connectivity index (χ0n) is 9.60. The predicted molar refractivity (Wildman–Crippen MR) is 61.4 cm³/mol. The molecular formula is C12H14N2O3. The average molecular weight is 234 g/mol. The van der Waals surface area contributed by atoms with Crippen molar-refractivity contribution >= 4 is 11.8 Å². The summed E-state index contributed by atoms with van der Waals surface area (Å²) >= 11 is 0. The Labute approximate surface area is 99.4 Å². The second-order valence-electron chi connectivity index (χ2n) is 3.96. The van der Waals surface area contributed by atoms with Crippen LogP contribution in [0, 0.1) is 0 Å². The maximum Gasteiger partial charge on any atom is 0.240 e. The number of piperazine rings is 1. The minimum absolute atomic E-state index is 0.241.